The number of nitro benzene ring substituents is 1. The van der Waals surface area contributed by atoms with Crippen LogP contribution in [-0.2, 0) is 0 Å². The number of benzene rings is 2. The second kappa shape index (κ2) is 5.92. The number of halogens is 1. The van der Waals surface area contributed by atoms with E-state index in [0.717, 1.165) is 5.56 Å². The van der Waals surface area contributed by atoms with Crippen LogP contribution in [-0.4, -0.2) is 10.8 Å². The first-order valence-corrected chi connectivity index (χ1v) is 6.74. The van der Waals surface area contributed by atoms with Gasteiger partial charge in [-0.2, -0.15) is 0 Å². The van der Waals surface area contributed by atoms with Crippen LogP contribution in [0.3, 0.4) is 0 Å². The van der Waals surface area contributed by atoms with E-state index >= 15 is 0 Å². The number of nitrogens with one attached hydrogen (secondary N) is 1. The van der Waals surface area contributed by atoms with Crippen LogP contribution in [0.1, 0.15) is 11.1 Å². The van der Waals surface area contributed by atoms with Crippen molar-refractivity contribution in [2.45, 2.75) is 6.92 Å². The predicted molar refractivity (Wildman–Crippen MR) is 83.1 cm³/mol. The summed E-state index contributed by atoms with van der Waals surface area (Å²) in [6.07, 6.45) is 0. The molecule has 3 N–H and O–H groups in total. The number of hydrogen-bond donors (Lipinski definition) is 2. The van der Waals surface area contributed by atoms with Gasteiger partial charge < -0.3 is 10.5 Å². The summed E-state index contributed by atoms with van der Waals surface area (Å²) in [5, 5.41) is 18.4. The van der Waals surface area contributed by atoms with Gasteiger partial charge in [0.1, 0.15) is 17.3 Å². The molecule has 0 amide bonds. The van der Waals surface area contributed by atoms with Crippen LogP contribution >= 0.6 is 15.9 Å². The molecule has 0 aliphatic rings. The Hall–Kier alpha value is -2.41. The van der Waals surface area contributed by atoms with Gasteiger partial charge in [0.15, 0.2) is 0 Å². The minimum Gasteiger partial charge on any atom is -0.455 e. The number of nitrogen functional groups attached to an aromatic ring is 1. The summed E-state index contributed by atoms with van der Waals surface area (Å²) in [7, 11) is 0. The van der Waals surface area contributed by atoms with Gasteiger partial charge in [-0.1, -0.05) is 6.07 Å². The normalized spacial score (nSPS) is 10.2. The van der Waals surface area contributed by atoms with E-state index in [4.69, 9.17) is 15.9 Å². The highest BCUT2D eigenvalue weighted by Gasteiger charge is 2.14. The van der Waals surface area contributed by atoms with Crippen LogP contribution in [0, 0.1) is 22.4 Å². The van der Waals surface area contributed by atoms with E-state index in [9.17, 15) is 10.1 Å². The number of rotatable bonds is 4. The van der Waals surface area contributed by atoms with E-state index in [2.05, 4.69) is 15.9 Å². The Kier molecular flexibility index (Phi) is 4.23. The highest BCUT2D eigenvalue weighted by atomic mass is 79.9. The molecule has 2 aromatic rings. The van der Waals surface area contributed by atoms with Gasteiger partial charge in [0, 0.05) is 6.07 Å². The second-order valence-electron chi connectivity index (χ2n) is 4.39. The van der Waals surface area contributed by atoms with E-state index in [1.807, 2.05) is 13.0 Å². The standard InChI is InChI=1S/C14H12BrN3O3/c1-8-2-4-10(14(16)17)12(6-8)21-13-7-9(18(19)20)3-5-11(13)15/h2-7H,1H3,(H3,16,17). The van der Waals surface area contributed by atoms with Crippen molar-refractivity contribution in [1.82, 2.24) is 0 Å². The molecule has 0 saturated carbocycles. The third-order valence-corrected chi connectivity index (χ3v) is 3.43. The van der Waals surface area contributed by atoms with Gasteiger partial charge in [0.2, 0.25) is 0 Å². The number of nitrogens with zero attached hydrogens (tertiary/aromatic N) is 1. The molecule has 2 rings (SSSR count). The summed E-state index contributed by atoms with van der Waals surface area (Å²) in [5.41, 5.74) is 6.80. The van der Waals surface area contributed by atoms with Crippen molar-refractivity contribution >= 4 is 27.5 Å². The van der Waals surface area contributed by atoms with Crippen LogP contribution in [0.5, 0.6) is 11.5 Å². The third kappa shape index (κ3) is 3.38. The van der Waals surface area contributed by atoms with Crippen molar-refractivity contribution in [2.24, 2.45) is 5.73 Å². The molecule has 0 bridgehead atoms. The van der Waals surface area contributed by atoms with Crippen molar-refractivity contribution in [3.63, 3.8) is 0 Å². The van der Waals surface area contributed by atoms with Crippen molar-refractivity contribution in [1.29, 1.82) is 5.41 Å². The molecule has 7 heteroatoms. The summed E-state index contributed by atoms with van der Waals surface area (Å²) in [4.78, 5) is 10.3. The molecular formula is C14H12BrN3O3. The fourth-order valence-corrected chi connectivity index (χ4v) is 2.07. The molecule has 0 unspecified atom stereocenters. The van der Waals surface area contributed by atoms with Crippen LogP contribution in [0.15, 0.2) is 40.9 Å². The SMILES string of the molecule is Cc1ccc(C(=N)N)c(Oc2cc([N+](=O)[O-])ccc2Br)c1. The van der Waals surface area contributed by atoms with Crippen molar-refractivity contribution in [2.75, 3.05) is 0 Å². The summed E-state index contributed by atoms with van der Waals surface area (Å²) in [6.45, 7) is 1.87. The van der Waals surface area contributed by atoms with E-state index in [-0.39, 0.29) is 17.3 Å². The molecule has 0 aromatic heterocycles. The number of non-ortho nitro benzene ring substituents is 1. The van der Waals surface area contributed by atoms with Crippen LogP contribution < -0.4 is 10.5 Å². The minimum absolute atomic E-state index is 0.0785. The lowest BCUT2D eigenvalue weighted by molar-refractivity contribution is -0.384. The lowest BCUT2D eigenvalue weighted by atomic mass is 10.1. The number of aryl methyl sites for hydroxylation is 1. The highest BCUT2D eigenvalue weighted by molar-refractivity contribution is 9.10. The maximum absolute atomic E-state index is 10.8. The molecule has 2 aromatic carbocycles. The largest absolute Gasteiger partial charge is 0.455 e. The topological polar surface area (TPSA) is 102 Å². The van der Waals surface area contributed by atoms with Gasteiger partial charge in [0.05, 0.1) is 21.0 Å². The fraction of sp³-hybridized carbons (Fsp3) is 0.0714. The van der Waals surface area contributed by atoms with Crippen molar-refractivity contribution in [3.05, 3.63) is 62.1 Å². The highest BCUT2D eigenvalue weighted by Crippen LogP contribution is 2.34. The van der Waals surface area contributed by atoms with Crippen LogP contribution in [0.2, 0.25) is 0 Å². The maximum atomic E-state index is 10.8. The van der Waals surface area contributed by atoms with Crippen LogP contribution in [0.4, 0.5) is 5.69 Å². The Morgan fingerprint density at radius 3 is 2.62 bits per heavy atom. The monoisotopic (exact) mass is 349 g/mol. The zero-order chi connectivity index (χ0) is 15.6. The van der Waals surface area contributed by atoms with E-state index < -0.39 is 4.92 Å². The Bertz CT molecular complexity index is 731. The molecule has 0 heterocycles. The molecule has 0 radical (unpaired) electrons. The Balaban J connectivity index is 2.47. The summed E-state index contributed by atoms with van der Waals surface area (Å²) in [5.74, 6) is 0.535. The van der Waals surface area contributed by atoms with Crippen LogP contribution in [0.25, 0.3) is 0 Å². The van der Waals surface area contributed by atoms with Gasteiger partial charge in [0.25, 0.3) is 5.69 Å². The van der Waals surface area contributed by atoms with Crippen molar-refractivity contribution < 1.29 is 9.66 Å². The van der Waals surface area contributed by atoms with Gasteiger partial charge in [-0.3, -0.25) is 15.5 Å². The lowest BCUT2D eigenvalue weighted by Crippen LogP contribution is -2.12. The summed E-state index contributed by atoms with van der Waals surface area (Å²) < 4.78 is 6.27. The molecule has 6 nitrogen and oxygen atoms in total. The van der Waals surface area contributed by atoms with E-state index in [1.165, 1.54) is 18.2 Å². The molecule has 0 fully saturated rings. The first kappa shape index (κ1) is 15.0. The van der Waals surface area contributed by atoms with Gasteiger partial charge in [-0.05, 0) is 46.6 Å². The number of nitrogens with two attached hydrogens (primary N) is 1. The number of nitro groups is 1. The minimum atomic E-state index is -0.499. The smallest absolute Gasteiger partial charge is 0.273 e. The molecule has 108 valence electrons. The Morgan fingerprint density at radius 1 is 1.29 bits per heavy atom. The average Bonchev–Trinajstić information content (AvgIpc) is 2.40. The third-order valence-electron chi connectivity index (χ3n) is 2.77. The molecule has 0 spiro atoms. The second-order valence-corrected chi connectivity index (χ2v) is 5.24. The zero-order valence-electron chi connectivity index (χ0n) is 11.1. The van der Waals surface area contributed by atoms with E-state index in [1.54, 1.807) is 12.1 Å². The first-order valence-electron chi connectivity index (χ1n) is 5.95. The molecule has 0 aliphatic heterocycles. The number of ether oxygens (including phenoxy) is 1. The van der Waals surface area contributed by atoms with Crippen molar-refractivity contribution in [3.8, 4) is 11.5 Å². The zero-order valence-corrected chi connectivity index (χ0v) is 12.7. The first-order chi connectivity index (χ1) is 9.88. The number of hydrogen-bond acceptors (Lipinski definition) is 4. The molecule has 0 saturated heterocycles. The molecular weight excluding hydrogens is 338 g/mol. The summed E-state index contributed by atoms with van der Waals surface area (Å²) >= 11 is 3.28. The summed E-state index contributed by atoms with van der Waals surface area (Å²) in [6, 6.07) is 9.44. The average molecular weight is 350 g/mol. The van der Waals surface area contributed by atoms with Gasteiger partial charge >= 0.3 is 0 Å². The lowest BCUT2D eigenvalue weighted by Gasteiger charge is -2.12. The molecule has 0 aliphatic carbocycles. The van der Waals surface area contributed by atoms with E-state index in [0.29, 0.717) is 15.8 Å². The van der Waals surface area contributed by atoms with Gasteiger partial charge in [-0.15, -0.1) is 0 Å². The Morgan fingerprint density at radius 2 is 2.00 bits per heavy atom. The quantitative estimate of drug-likeness (QED) is 0.379. The number of amidine groups is 1. The fourth-order valence-electron chi connectivity index (χ4n) is 1.74. The Labute approximate surface area is 129 Å². The molecule has 21 heavy (non-hydrogen) atoms. The maximum Gasteiger partial charge on any atom is 0.273 e. The van der Waals surface area contributed by atoms with Gasteiger partial charge in [-0.25, -0.2) is 0 Å². The predicted octanol–water partition coefficient (Wildman–Crippen LogP) is 3.74. The molecule has 0 atom stereocenters.